The Kier molecular flexibility index (Phi) is 6.16. The summed E-state index contributed by atoms with van der Waals surface area (Å²) in [6, 6.07) is 66.8. The molecule has 0 amide bonds. The van der Waals surface area contributed by atoms with E-state index in [1.807, 2.05) is 11.3 Å². The Balaban J connectivity index is 1.23. The van der Waals surface area contributed by atoms with E-state index in [2.05, 4.69) is 191 Å². The minimum atomic E-state index is 1.13. The lowest BCUT2D eigenvalue weighted by atomic mass is 9.96. The lowest BCUT2D eigenvalue weighted by Gasteiger charge is -2.27. The summed E-state index contributed by atoms with van der Waals surface area (Å²) >= 11 is 1.87. The second-order valence-corrected chi connectivity index (χ2v) is 14.4. The van der Waals surface area contributed by atoms with Crippen molar-refractivity contribution in [1.82, 2.24) is 4.57 Å². The Morgan fingerprint density at radius 2 is 0.980 bits per heavy atom. The minimum Gasteiger partial charge on any atom is -0.310 e. The molecule has 9 aromatic carbocycles. The van der Waals surface area contributed by atoms with Crippen molar-refractivity contribution in [1.29, 1.82) is 0 Å². The van der Waals surface area contributed by atoms with Crippen LogP contribution in [-0.4, -0.2) is 4.57 Å². The summed E-state index contributed by atoms with van der Waals surface area (Å²) in [5, 5.41) is 12.7. The molecule has 3 heteroatoms. The average Bonchev–Trinajstić information content (AvgIpc) is 3.74. The molecule has 2 nitrogen and oxygen atoms in total. The maximum atomic E-state index is 2.48. The Labute approximate surface area is 298 Å². The van der Waals surface area contributed by atoms with Gasteiger partial charge in [-0.15, -0.1) is 11.3 Å². The van der Waals surface area contributed by atoms with E-state index in [0.717, 1.165) is 22.7 Å². The van der Waals surface area contributed by atoms with Crippen LogP contribution in [0, 0.1) is 0 Å². The normalized spacial score (nSPS) is 11.9. The van der Waals surface area contributed by atoms with Crippen LogP contribution < -0.4 is 4.90 Å². The van der Waals surface area contributed by atoms with Gasteiger partial charge in [0.2, 0.25) is 0 Å². The van der Waals surface area contributed by atoms with Crippen LogP contribution in [0.5, 0.6) is 0 Å². The van der Waals surface area contributed by atoms with Crippen molar-refractivity contribution in [2.24, 2.45) is 0 Å². The number of benzene rings is 9. The molecular formula is C48H30N2S. The van der Waals surface area contributed by atoms with Crippen molar-refractivity contribution in [2.75, 3.05) is 4.90 Å². The second-order valence-electron chi connectivity index (χ2n) is 13.3. The predicted octanol–water partition coefficient (Wildman–Crippen LogP) is 14.1. The fourth-order valence-corrected chi connectivity index (χ4v) is 9.41. The first-order valence-corrected chi connectivity index (χ1v) is 18.3. The number of para-hydroxylation sites is 2. The summed E-state index contributed by atoms with van der Waals surface area (Å²) in [6.07, 6.45) is 0. The molecule has 0 aliphatic heterocycles. The summed E-state index contributed by atoms with van der Waals surface area (Å²) in [5.41, 5.74) is 6.97. The first kappa shape index (κ1) is 28.4. The largest absolute Gasteiger partial charge is 0.310 e. The molecule has 0 saturated carbocycles. The van der Waals surface area contributed by atoms with Crippen LogP contribution in [0.3, 0.4) is 0 Å². The van der Waals surface area contributed by atoms with Crippen molar-refractivity contribution in [3.63, 3.8) is 0 Å². The SMILES string of the molecule is c1ccc(-n2c3ccccc3c3c(N(c4ccc5c(c4)sc4ccccc45)c4ccc5ccc6c7ccccc7ccc6c5c4)cccc32)cc1. The number of hydrogen-bond donors (Lipinski definition) is 0. The fourth-order valence-electron chi connectivity index (χ4n) is 8.27. The molecule has 0 fully saturated rings. The maximum Gasteiger partial charge on any atom is 0.0562 e. The number of nitrogens with zero attached hydrogens (tertiary/aromatic N) is 2. The fraction of sp³-hybridized carbons (Fsp3) is 0. The van der Waals surface area contributed by atoms with E-state index >= 15 is 0 Å². The van der Waals surface area contributed by atoms with E-state index in [-0.39, 0.29) is 0 Å². The average molecular weight is 667 g/mol. The van der Waals surface area contributed by atoms with Gasteiger partial charge in [-0.3, -0.25) is 0 Å². The van der Waals surface area contributed by atoms with Gasteiger partial charge in [-0.05, 0) is 93.0 Å². The van der Waals surface area contributed by atoms with E-state index < -0.39 is 0 Å². The maximum absolute atomic E-state index is 2.48. The molecule has 238 valence electrons. The van der Waals surface area contributed by atoms with Gasteiger partial charge in [0, 0.05) is 48.0 Å². The Hall–Kier alpha value is -6.42. The van der Waals surface area contributed by atoms with Crippen molar-refractivity contribution in [3.8, 4) is 5.69 Å². The highest BCUT2D eigenvalue weighted by atomic mass is 32.1. The van der Waals surface area contributed by atoms with E-state index in [1.165, 1.54) is 74.3 Å². The molecule has 0 unspecified atom stereocenters. The molecule has 0 bridgehead atoms. The zero-order valence-corrected chi connectivity index (χ0v) is 28.4. The van der Waals surface area contributed by atoms with Gasteiger partial charge in [-0.2, -0.15) is 0 Å². The number of aromatic nitrogens is 1. The predicted molar refractivity (Wildman–Crippen MR) is 221 cm³/mol. The van der Waals surface area contributed by atoms with Crippen LogP contribution in [0.25, 0.3) is 80.0 Å². The van der Waals surface area contributed by atoms with Gasteiger partial charge in [-0.25, -0.2) is 0 Å². The van der Waals surface area contributed by atoms with E-state index in [9.17, 15) is 0 Å². The summed E-state index contributed by atoms with van der Waals surface area (Å²) < 4.78 is 5.00. The first-order valence-electron chi connectivity index (χ1n) is 17.4. The quantitative estimate of drug-likeness (QED) is 0.170. The van der Waals surface area contributed by atoms with E-state index in [4.69, 9.17) is 0 Å². The zero-order valence-electron chi connectivity index (χ0n) is 27.6. The molecule has 2 heterocycles. The highest BCUT2D eigenvalue weighted by Gasteiger charge is 2.22. The Morgan fingerprint density at radius 1 is 0.373 bits per heavy atom. The summed E-state index contributed by atoms with van der Waals surface area (Å²) in [4.78, 5) is 2.48. The van der Waals surface area contributed by atoms with Gasteiger partial charge >= 0.3 is 0 Å². The summed E-state index contributed by atoms with van der Waals surface area (Å²) in [5.74, 6) is 0. The molecule has 2 aromatic heterocycles. The van der Waals surface area contributed by atoms with Gasteiger partial charge in [0.1, 0.15) is 0 Å². The number of fused-ring (bicyclic) bond motifs is 11. The number of anilines is 3. The third-order valence-corrected chi connectivity index (χ3v) is 11.7. The Morgan fingerprint density at radius 3 is 1.86 bits per heavy atom. The van der Waals surface area contributed by atoms with E-state index in [1.54, 1.807) is 0 Å². The van der Waals surface area contributed by atoms with Crippen molar-refractivity contribution in [2.45, 2.75) is 0 Å². The van der Waals surface area contributed by atoms with Crippen LogP contribution in [0.15, 0.2) is 182 Å². The van der Waals surface area contributed by atoms with Crippen molar-refractivity contribution in [3.05, 3.63) is 182 Å². The monoisotopic (exact) mass is 666 g/mol. The molecular weight excluding hydrogens is 637 g/mol. The van der Waals surface area contributed by atoms with Crippen LogP contribution in [0.2, 0.25) is 0 Å². The second kappa shape index (κ2) is 11.0. The van der Waals surface area contributed by atoms with E-state index in [0.29, 0.717) is 0 Å². The van der Waals surface area contributed by atoms with Gasteiger partial charge in [0.25, 0.3) is 0 Å². The molecule has 0 aliphatic carbocycles. The molecule has 51 heavy (non-hydrogen) atoms. The van der Waals surface area contributed by atoms with Gasteiger partial charge < -0.3 is 9.47 Å². The number of rotatable bonds is 4. The van der Waals surface area contributed by atoms with Gasteiger partial charge in [0.15, 0.2) is 0 Å². The molecule has 0 N–H and O–H groups in total. The minimum absolute atomic E-state index is 1.13. The van der Waals surface area contributed by atoms with Gasteiger partial charge in [0.05, 0.1) is 16.7 Å². The number of hydrogen-bond acceptors (Lipinski definition) is 2. The van der Waals surface area contributed by atoms with Crippen LogP contribution >= 0.6 is 11.3 Å². The van der Waals surface area contributed by atoms with Crippen LogP contribution in [0.4, 0.5) is 17.1 Å². The zero-order chi connectivity index (χ0) is 33.5. The van der Waals surface area contributed by atoms with Crippen molar-refractivity contribution < 1.29 is 0 Å². The van der Waals surface area contributed by atoms with Crippen molar-refractivity contribution >= 4 is 103 Å². The van der Waals surface area contributed by atoms with Crippen LogP contribution in [0.1, 0.15) is 0 Å². The molecule has 11 rings (SSSR count). The molecule has 0 spiro atoms. The molecule has 0 radical (unpaired) electrons. The third kappa shape index (κ3) is 4.29. The molecule has 0 saturated heterocycles. The topological polar surface area (TPSA) is 8.17 Å². The summed E-state index contributed by atoms with van der Waals surface area (Å²) in [7, 11) is 0. The smallest absolute Gasteiger partial charge is 0.0562 e. The highest BCUT2D eigenvalue weighted by Crippen LogP contribution is 2.46. The molecule has 11 aromatic rings. The standard InChI is InChI=1S/C48H30N2S/c1-2-12-33(13-3-1)50-43-17-8-6-16-41(43)48-44(18-10-19-45(48)50)49(35-25-28-40-39-15-7-9-20-46(39)51-47(40)30-35)34-24-21-32-23-26-37-36-14-5-4-11-31(36)22-27-38(37)42(32)29-34/h1-30H. The highest BCUT2D eigenvalue weighted by molar-refractivity contribution is 7.25. The lowest BCUT2D eigenvalue weighted by Crippen LogP contribution is -2.10. The van der Waals surface area contributed by atoms with Crippen LogP contribution in [-0.2, 0) is 0 Å². The third-order valence-electron chi connectivity index (χ3n) is 10.5. The lowest BCUT2D eigenvalue weighted by molar-refractivity contribution is 1.18. The number of thiophene rings is 1. The Bertz CT molecular complexity index is 3150. The first-order chi connectivity index (χ1) is 25.3. The molecule has 0 aliphatic rings. The summed E-state index contributed by atoms with van der Waals surface area (Å²) in [6.45, 7) is 0. The molecule has 0 atom stereocenters. The van der Waals surface area contributed by atoms with Gasteiger partial charge in [-0.1, -0.05) is 121 Å².